The minimum absolute atomic E-state index is 0.0472. The summed E-state index contributed by atoms with van der Waals surface area (Å²) in [5.41, 5.74) is 1.41. The zero-order chi connectivity index (χ0) is 19.8. The Labute approximate surface area is 157 Å². The molecule has 1 aliphatic heterocycles. The standard InChI is InChI=1S/C19H23N3O5/c1-19(2,3)27-18(25)21-10-9-15-14(11-21)16(17(23)24)20-22(15)12-5-7-13(26-4)8-6-12/h5-8H,9-11H2,1-4H3,(H,23,24). The van der Waals surface area contributed by atoms with Gasteiger partial charge in [-0.1, -0.05) is 0 Å². The Balaban J connectivity index is 1.94. The van der Waals surface area contributed by atoms with E-state index in [2.05, 4.69) is 5.10 Å². The number of carboxylic acid groups (broad SMARTS) is 1. The van der Waals surface area contributed by atoms with Gasteiger partial charge < -0.3 is 19.5 Å². The molecule has 2 heterocycles. The van der Waals surface area contributed by atoms with Crippen LogP contribution in [0.1, 0.15) is 42.5 Å². The zero-order valence-electron chi connectivity index (χ0n) is 15.9. The summed E-state index contributed by atoms with van der Waals surface area (Å²) < 4.78 is 12.2. The number of fused-ring (bicyclic) bond motifs is 1. The minimum Gasteiger partial charge on any atom is -0.497 e. The molecule has 0 bridgehead atoms. The smallest absolute Gasteiger partial charge is 0.410 e. The Morgan fingerprint density at radius 3 is 2.41 bits per heavy atom. The van der Waals surface area contributed by atoms with Crippen LogP contribution in [0.3, 0.4) is 0 Å². The number of aromatic carboxylic acids is 1. The van der Waals surface area contributed by atoms with Crippen molar-refractivity contribution in [1.29, 1.82) is 0 Å². The molecule has 0 saturated carbocycles. The predicted molar refractivity (Wildman–Crippen MR) is 97.4 cm³/mol. The van der Waals surface area contributed by atoms with Crippen LogP contribution in [-0.2, 0) is 17.7 Å². The van der Waals surface area contributed by atoms with Gasteiger partial charge in [-0.2, -0.15) is 5.10 Å². The van der Waals surface area contributed by atoms with E-state index >= 15 is 0 Å². The van der Waals surface area contributed by atoms with Crippen LogP contribution in [0.15, 0.2) is 24.3 Å². The largest absolute Gasteiger partial charge is 0.497 e. The normalized spacial score (nSPS) is 13.9. The number of carbonyl (C=O) groups excluding carboxylic acids is 1. The van der Waals surface area contributed by atoms with Gasteiger partial charge >= 0.3 is 12.1 Å². The fourth-order valence-corrected chi connectivity index (χ4v) is 3.01. The van der Waals surface area contributed by atoms with Gasteiger partial charge in [0.15, 0.2) is 5.69 Å². The molecule has 27 heavy (non-hydrogen) atoms. The third kappa shape index (κ3) is 3.89. The Kier molecular flexibility index (Phi) is 4.82. The van der Waals surface area contributed by atoms with Gasteiger partial charge in [0.05, 0.1) is 25.0 Å². The van der Waals surface area contributed by atoms with Crippen molar-refractivity contribution in [3.63, 3.8) is 0 Å². The topological polar surface area (TPSA) is 93.9 Å². The van der Waals surface area contributed by atoms with Crippen LogP contribution in [0.2, 0.25) is 0 Å². The third-order valence-corrected chi connectivity index (χ3v) is 4.23. The Hall–Kier alpha value is -3.03. The molecule has 3 rings (SSSR count). The molecule has 0 aliphatic carbocycles. The fraction of sp³-hybridized carbons (Fsp3) is 0.421. The van der Waals surface area contributed by atoms with Gasteiger partial charge in [0.1, 0.15) is 11.4 Å². The third-order valence-electron chi connectivity index (χ3n) is 4.23. The summed E-state index contributed by atoms with van der Waals surface area (Å²) in [5.74, 6) is -0.418. The number of amides is 1. The maximum Gasteiger partial charge on any atom is 0.410 e. The van der Waals surface area contributed by atoms with E-state index in [9.17, 15) is 14.7 Å². The molecule has 1 aliphatic rings. The van der Waals surface area contributed by atoms with E-state index in [-0.39, 0.29) is 12.2 Å². The Bertz CT molecular complexity index is 865. The number of aromatic nitrogens is 2. The lowest BCUT2D eigenvalue weighted by Gasteiger charge is -2.30. The molecule has 1 N–H and O–H groups in total. The average Bonchev–Trinajstić information content (AvgIpc) is 2.99. The lowest BCUT2D eigenvalue weighted by atomic mass is 10.1. The van der Waals surface area contributed by atoms with E-state index in [0.29, 0.717) is 24.3 Å². The van der Waals surface area contributed by atoms with Crippen molar-refractivity contribution < 1.29 is 24.2 Å². The number of hydrogen-bond acceptors (Lipinski definition) is 5. The van der Waals surface area contributed by atoms with Crippen molar-refractivity contribution in [3.8, 4) is 11.4 Å². The van der Waals surface area contributed by atoms with Crippen LogP contribution in [0.5, 0.6) is 5.75 Å². The maximum absolute atomic E-state index is 12.4. The van der Waals surface area contributed by atoms with Gasteiger partial charge in [0.2, 0.25) is 0 Å². The van der Waals surface area contributed by atoms with Crippen LogP contribution in [0, 0.1) is 0 Å². The number of ether oxygens (including phenoxy) is 2. The molecule has 1 amide bonds. The lowest BCUT2D eigenvalue weighted by Crippen LogP contribution is -2.40. The van der Waals surface area contributed by atoms with Crippen LogP contribution < -0.4 is 4.74 Å². The second kappa shape index (κ2) is 6.94. The first-order chi connectivity index (χ1) is 12.7. The van der Waals surface area contributed by atoms with Crippen molar-refractivity contribution in [2.75, 3.05) is 13.7 Å². The number of carboxylic acids is 1. The highest BCUT2D eigenvalue weighted by atomic mass is 16.6. The number of nitrogens with zero attached hydrogens (tertiary/aromatic N) is 3. The van der Waals surface area contributed by atoms with Gasteiger partial charge in [-0.3, -0.25) is 0 Å². The van der Waals surface area contributed by atoms with Crippen molar-refractivity contribution in [3.05, 3.63) is 41.2 Å². The van der Waals surface area contributed by atoms with Gasteiger partial charge in [-0.15, -0.1) is 0 Å². The zero-order valence-corrected chi connectivity index (χ0v) is 15.9. The van der Waals surface area contributed by atoms with Gasteiger partial charge in [0.25, 0.3) is 0 Å². The summed E-state index contributed by atoms with van der Waals surface area (Å²) in [6.07, 6.45) is 0.0302. The highest BCUT2D eigenvalue weighted by molar-refractivity contribution is 5.88. The molecule has 0 saturated heterocycles. The molecule has 2 aromatic rings. The van der Waals surface area contributed by atoms with Crippen molar-refractivity contribution in [2.24, 2.45) is 0 Å². The summed E-state index contributed by atoms with van der Waals surface area (Å²) in [6, 6.07) is 7.22. The Morgan fingerprint density at radius 1 is 1.19 bits per heavy atom. The number of methoxy groups -OCH3 is 1. The molecule has 8 heteroatoms. The number of benzene rings is 1. The quantitative estimate of drug-likeness (QED) is 0.889. The Morgan fingerprint density at radius 2 is 1.85 bits per heavy atom. The van der Waals surface area contributed by atoms with Gasteiger partial charge in [0, 0.05) is 18.5 Å². The number of rotatable bonds is 3. The SMILES string of the molecule is COc1ccc(-n2nc(C(=O)O)c3c2CCN(C(=O)OC(C)(C)C)C3)cc1. The highest BCUT2D eigenvalue weighted by Crippen LogP contribution is 2.27. The summed E-state index contributed by atoms with van der Waals surface area (Å²) in [6.45, 7) is 5.98. The van der Waals surface area contributed by atoms with E-state index in [1.165, 1.54) is 4.90 Å². The summed E-state index contributed by atoms with van der Waals surface area (Å²) in [5, 5.41) is 13.8. The van der Waals surface area contributed by atoms with Crippen LogP contribution >= 0.6 is 0 Å². The summed E-state index contributed by atoms with van der Waals surface area (Å²) in [4.78, 5) is 25.6. The van der Waals surface area contributed by atoms with E-state index in [4.69, 9.17) is 9.47 Å². The van der Waals surface area contributed by atoms with Crippen molar-refractivity contribution >= 4 is 12.1 Å². The maximum atomic E-state index is 12.4. The second-order valence-corrected chi connectivity index (χ2v) is 7.34. The molecule has 0 atom stereocenters. The van der Waals surface area contributed by atoms with Crippen LogP contribution in [0.4, 0.5) is 4.79 Å². The first kappa shape index (κ1) is 18.8. The van der Waals surface area contributed by atoms with Crippen molar-refractivity contribution in [2.45, 2.75) is 39.3 Å². The fourth-order valence-electron chi connectivity index (χ4n) is 3.01. The van der Waals surface area contributed by atoms with Gasteiger partial charge in [-0.05, 0) is 45.0 Å². The van der Waals surface area contributed by atoms with E-state index < -0.39 is 17.7 Å². The molecule has 0 fully saturated rings. The van der Waals surface area contributed by atoms with Crippen LogP contribution in [0.25, 0.3) is 5.69 Å². The molecule has 1 aromatic carbocycles. The first-order valence-electron chi connectivity index (χ1n) is 8.66. The molecule has 0 spiro atoms. The van der Waals surface area contributed by atoms with E-state index in [1.807, 2.05) is 12.1 Å². The summed E-state index contributed by atoms with van der Waals surface area (Å²) >= 11 is 0. The molecule has 0 unspecified atom stereocenters. The van der Waals surface area contributed by atoms with E-state index in [1.54, 1.807) is 44.7 Å². The van der Waals surface area contributed by atoms with Gasteiger partial charge in [-0.25, -0.2) is 14.3 Å². The monoisotopic (exact) mass is 373 g/mol. The average molecular weight is 373 g/mol. The highest BCUT2D eigenvalue weighted by Gasteiger charge is 2.32. The van der Waals surface area contributed by atoms with E-state index in [0.717, 1.165) is 11.4 Å². The first-order valence-corrected chi connectivity index (χ1v) is 8.66. The molecule has 144 valence electrons. The lowest BCUT2D eigenvalue weighted by molar-refractivity contribution is 0.0221. The number of carbonyl (C=O) groups is 2. The predicted octanol–water partition coefficient (Wildman–Crippen LogP) is 2.87. The summed E-state index contributed by atoms with van der Waals surface area (Å²) in [7, 11) is 1.58. The number of hydrogen-bond donors (Lipinski definition) is 1. The second-order valence-electron chi connectivity index (χ2n) is 7.34. The van der Waals surface area contributed by atoms with Crippen LogP contribution in [-0.4, -0.2) is 51.1 Å². The minimum atomic E-state index is -1.12. The molecule has 1 aromatic heterocycles. The molecule has 8 nitrogen and oxygen atoms in total. The molecular weight excluding hydrogens is 350 g/mol. The van der Waals surface area contributed by atoms with Crippen molar-refractivity contribution in [1.82, 2.24) is 14.7 Å². The molecular formula is C19H23N3O5. The molecule has 0 radical (unpaired) electrons.